The van der Waals surface area contributed by atoms with Crippen LogP contribution < -0.4 is 0 Å². The van der Waals surface area contributed by atoms with E-state index < -0.39 is 55.4 Å². The SMILES string of the molecule is O=C(OCc1ccccc1)C(CCC(F)(F)F)CC(=O)N1C(=O)OCC1Cc1ccccc1. The van der Waals surface area contributed by atoms with Crippen LogP contribution in [0.2, 0.25) is 0 Å². The summed E-state index contributed by atoms with van der Waals surface area (Å²) < 4.78 is 48.6. The summed E-state index contributed by atoms with van der Waals surface area (Å²) in [6, 6.07) is 17.2. The fourth-order valence-corrected chi connectivity index (χ4v) is 3.60. The molecule has 0 saturated carbocycles. The summed E-state index contributed by atoms with van der Waals surface area (Å²) in [4.78, 5) is 38.6. The molecule has 2 aromatic rings. The van der Waals surface area contributed by atoms with E-state index in [9.17, 15) is 27.6 Å². The van der Waals surface area contributed by atoms with E-state index in [4.69, 9.17) is 9.47 Å². The smallest absolute Gasteiger partial charge is 0.416 e. The van der Waals surface area contributed by atoms with Crippen molar-refractivity contribution in [1.29, 1.82) is 0 Å². The van der Waals surface area contributed by atoms with Gasteiger partial charge in [0.05, 0.1) is 12.0 Å². The molecular weight excluding hydrogens is 439 g/mol. The maximum Gasteiger partial charge on any atom is 0.416 e. The van der Waals surface area contributed by atoms with Crippen molar-refractivity contribution in [3.8, 4) is 0 Å². The van der Waals surface area contributed by atoms with Crippen molar-refractivity contribution in [2.75, 3.05) is 6.61 Å². The number of carbonyl (C=O) groups is 3. The zero-order valence-electron chi connectivity index (χ0n) is 17.8. The molecule has 2 atom stereocenters. The molecule has 33 heavy (non-hydrogen) atoms. The highest BCUT2D eigenvalue weighted by atomic mass is 19.4. The van der Waals surface area contributed by atoms with Crippen molar-refractivity contribution in [2.45, 2.75) is 44.5 Å². The van der Waals surface area contributed by atoms with Crippen molar-refractivity contribution in [3.63, 3.8) is 0 Å². The summed E-state index contributed by atoms with van der Waals surface area (Å²) in [5.74, 6) is -3.01. The number of alkyl halides is 3. The van der Waals surface area contributed by atoms with E-state index in [0.29, 0.717) is 12.0 Å². The van der Waals surface area contributed by atoms with E-state index in [1.807, 2.05) is 30.3 Å². The number of esters is 1. The molecule has 6 nitrogen and oxygen atoms in total. The summed E-state index contributed by atoms with van der Waals surface area (Å²) >= 11 is 0. The zero-order chi connectivity index (χ0) is 23.8. The van der Waals surface area contributed by atoms with Crippen LogP contribution in [0.5, 0.6) is 0 Å². The van der Waals surface area contributed by atoms with Gasteiger partial charge in [0.2, 0.25) is 5.91 Å². The monoisotopic (exact) mass is 463 g/mol. The fraction of sp³-hybridized carbons (Fsp3) is 0.375. The molecular formula is C24H24F3NO5. The van der Waals surface area contributed by atoms with Crippen molar-refractivity contribution in [3.05, 3.63) is 71.8 Å². The Morgan fingerprint density at radius 2 is 1.64 bits per heavy atom. The van der Waals surface area contributed by atoms with Gasteiger partial charge in [-0.15, -0.1) is 0 Å². The third-order valence-corrected chi connectivity index (χ3v) is 5.30. The zero-order valence-corrected chi connectivity index (χ0v) is 17.8. The summed E-state index contributed by atoms with van der Waals surface area (Å²) in [5.41, 5.74) is 1.53. The minimum Gasteiger partial charge on any atom is -0.461 e. The fourth-order valence-electron chi connectivity index (χ4n) is 3.60. The van der Waals surface area contributed by atoms with Gasteiger partial charge in [0.1, 0.15) is 13.2 Å². The third-order valence-electron chi connectivity index (χ3n) is 5.30. The normalized spacial score (nSPS) is 16.9. The Hall–Kier alpha value is -3.36. The molecule has 2 aromatic carbocycles. The number of nitrogens with zero attached hydrogens (tertiary/aromatic N) is 1. The van der Waals surface area contributed by atoms with Gasteiger partial charge in [-0.05, 0) is 24.0 Å². The number of carbonyl (C=O) groups excluding carboxylic acids is 3. The van der Waals surface area contributed by atoms with Crippen molar-refractivity contribution < 1.29 is 37.0 Å². The number of cyclic esters (lactones) is 1. The van der Waals surface area contributed by atoms with E-state index in [0.717, 1.165) is 10.5 Å². The number of rotatable bonds is 9. The molecule has 2 amide bonds. The molecule has 1 fully saturated rings. The van der Waals surface area contributed by atoms with Crippen LogP contribution in [0.25, 0.3) is 0 Å². The van der Waals surface area contributed by atoms with Crippen molar-refractivity contribution in [2.24, 2.45) is 5.92 Å². The molecule has 0 radical (unpaired) electrons. The second-order valence-electron chi connectivity index (χ2n) is 7.83. The first-order chi connectivity index (χ1) is 15.7. The van der Waals surface area contributed by atoms with Crippen LogP contribution in [-0.2, 0) is 32.1 Å². The topological polar surface area (TPSA) is 72.9 Å². The van der Waals surface area contributed by atoms with Gasteiger partial charge in [0, 0.05) is 12.8 Å². The van der Waals surface area contributed by atoms with Gasteiger partial charge in [-0.1, -0.05) is 60.7 Å². The predicted octanol–water partition coefficient (Wildman–Crippen LogP) is 4.67. The average molecular weight is 463 g/mol. The van der Waals surface area contributed by atoms with Gasteiger partial charge < -0.3 is 9.47 Å². The summed E-state index contributed by atoms with van der Waals surface area (Å²) in [6.45, 7) is -0.149. The Labute approximate surface area is 189 Å². The van der Waals surface area contributed by atoms with Crippen molar-refractivity contribution >= 4 is 18.0 Å². The molecule has 0 N–H and O–H groups in total. The molecule has 176 valence electrons. The second kappa shape index (κ2) is 11.0. The minimum atomic E-state index is -4.50. The molecule has 0 aliphatic carbocycles. The first-order valence-electron chi connectivity index (χ1n) is 10.5. The number of amides is 2. The number of halogens is 3. The first-order valence-corrected chi connectivity index (χ1v) is 10.5. The predicted molar refractivity (Wildman–Crippen MR) is 112 cm³/mol. The minimum absolute atomic E-state index is 0.0227. The van der Waals surface area contributed by atoms with Crippen LogP contribution >= 0.6 is 0 Å². The molecule has 1 aliphatic heterocycles. The Morgan fingerprint density at radius 3 is 2.24 bits per heavy atom. The number of ether oxygens (including phenoxy) is 2. The van der Waals surface area contributed by atoms with E-state index in [1.54, 1.807) is 30.3 Å². The van der Waals surface area contributed by atoms with Crippen LogP contribution in [0.4, 0.5) is 18.0 Å². The van der Waals surface area contributed by atoms with Gasteiger partial charge >= 0.3 is 18.2 Å². The summed E-state index contributed by atoms with van der Waals surface area (Å²) in [7, 11) is 0. The van der Waals surface area contributed by atoms with Gasteiger partial charge in [0.25, 0.3) is 0 Å². The number of hydrogen-bond donors (Lipinski definition) is 0. The molecule has 1 heterocycles. The maximum absolute atomic E-state index is 12.9. The number of hydrogen-bond acceptors (Lipinski definition) is 5. The Balaban J connectivity index is 1.67. The Bertz CT molecular complexity index is 950. The third kappa shape index (κ3) is 7.34. The quantitative estimate of drug-likeness (QED) is 0.506. The lowest BCUT2D eigenvalue weighted by Gasteiger charge is -2.22. The molecule has 0 aromatic heterocycles. The van der Waals surface area contributed by atoms with E-state index in [2.05, 4.69) is 0 Å². The first kappa shape index (κ1) is 24.3. The second-order valence-corrected chi connectivity index (χ2v) is 7.83. The summed E-state index contributed by atoms with van der Waals surface area (Å²) in [6.07, 6.45) is -7.47. The lowest BCUT2D eigenvalue weighted by Crippen LogP contribution is -2.41. The molecule has 1 aliphatic rings. The van der Waals surface area contributed by atoms with E-state index >= 15 is 0 Å². The van der Waals surface area contributed by atoms with Gasteiger partial charge in [-0.25, -0.2) is 9.69 Å². The highest BCUT2D eigenvalue weighted by Crippen LogP contribution is 2.28. The van der Waals surface area contributed by atoms with Crippen LogP contribution in [0.1, 0.15) is 30.4 Å². The van der Waals surface area contributed by atoms with Gasteiger partial charge in [-0.2, -0.15) is 13.2 Å². The van der Waals surface area contributed by atoms with Crippen LogP contribution in [0.3, 0.4) is 0 Å². The largest absolute Gasteiger partial charge is 0.461 e. The molecule has 9 heteroatoms. The van der Waals surface area contributed by atoms with Gasteiger partial charge in [-0.3, -0.25) is 9.59 Å². The van der Waals surface area contributed by atoms with Crippen LogP contribution in [0, 0.1) is 5.92 Å². The van der Waals surface area contributed by atoms with Crippen LogP contribution in [-0.4, -0.2) is 41.7 Å². The Kier molecular flexibility index (Phi) is 8.08. The highest BCUT2D eigenvalue weighted by molar-refractivity contribution is 5.95. The standard InChI is InChI=1S/C24H24F3NO5/c25-24(26,27)12-11-19(22(30)32-15-18-9-5-2-6-10-18)14-21(29)28-20(16-33-23(28)31)13-17-7-3-1-4-8-17/h1-10,19-20H,11-16H2. The summed E-state index contributed by atoms with van der Waals surface area (Å²) in [5, 5.41) is 0. The highest BCUT2D eigenvalue weighted by Gasteiger charge is 2.40. The lowest BCUT2D eigenvalue weighted by molar-refractivity contribution is -0.157. The number of benzene rings is 2. The average Bonchev–Trinajstić information content (AvgIpc) is 3.15. The van der Waals surface area contributed by atoms with Crippen molar-refractivity contribution in [1.82, 2.24) is 4.90 Å². The van der Waals surface area contributed by atoms with E-state index in [1.165, 1.54) is 0 Å². The molecule has 1 saturated heterocycles. The number of imide groups is 1. The maximum atomic E-state index is 12.9. The molecule has 2 unspecified atom stereocenters. The van der Waals surface area contributed by atoms with E-state index in [-0.39, 0.29) is 13.2 Å². The molecule has 3 rings (SSSR count). The molecule has 0 spiro atoms. The van der Waals surface area contributed by atoms with Crippen LogP contribution in [0.15, 0.2) is 60.7 Å². The molecule has 0 bridgehead atoms. The van der Waals surface area contributed by atoms with Gasteiger partial charge in [0.15, 0.2) is 0 Å². The lowest BCUT2D eigenvalue weighted by atomic mass is 9.97. The Morgan fingerprint density at radius 1 is 1.03 bits per heavy atom.